The lowest BCUT2D eigenvalue weighted by Gasteiger charge is -2.00. The summed E-state index contributed by atoms with van der Waals surface area (Å²) >= 11 is 0. The largest absolute Gasteiger partial charge is 0.302 e. The van der Waals surface area contributed by atoms with Gasteiger partial charge in [0.05, 0.1) is 6.07 Å². The first-order chi connectivity index (χ1) is 6.36. The fraction of sp³-hybridized carbons (Fsp3) is 0.273. The summed E-state index contributed by atoms with van der Waals surface area (Å²) in [5, 5.41) is 8.52. The highest BCUT2D eigenvalue weighted by Gasteiger charge is 2.04. The van der Waals surface area contributed by atoms with Crippen LogP contribution in [-0.2, 0) is 11.2 Å². The minimum absolute atomic E-state index is 0.458. The maximum Gasteiger partial charge on any atom is 0.137 e. The molecular weight excluding hydrogens is 162 g/mol. The Labute approximate surface area is 77.8 Å². The molecule has 66 valence electrons. The fourth-order valence-corrected chi connectivity index (χ4v) is 1.13. The number of carbonyl (C=O) groups excluding carboxylic acids is 1. The van der Waals surface area contributed by atoms with E-state index in [2.05, 4.69) is 0 Å². The Morgan fingerprint density at radius 1 is 1.38 bits per heavy atom. The molecule has 0 bridgehead atoms. The van der Waals surface area contributed by atoms with Crippen LogP contribution in [0.1, 0.15) is 12.0 Å². The van der Waals surface area contributed by atoms with Crippen molar-refractivity contribution < 1.29 is 4.79 Å². The first-order valence-electron chi connectivity index (χ1n) is 4.25. The van der Waals surface area contributed by atoms with Gasteiger partial charge < -0.3 is 4.79 Å². The van der Waals surface area contributed by atoms with Gasteiger partial charge in [-0.1, -0.05) is 30.3 Å². The number of hydrogen-bond acceptors (Lipinski definition) is 2. The van der Waals surface area contributed by atoms with Gasteiger partial charge in [0.15, 0.2) is 0 Å². The van der Waals surface area contributed by atoms with Crippen molar-refractivity contribution in [2.24, 2.45) is 5.92 Å². The minimum Gasteiger partial charge on any atom is -0.302 e. The molecule has 0 spiro atoms. The lowest BCUT2D eigenvalue weighted by molar-refractivity contribution is -0.109. The third-order valence-corrected chi connectivity index (χ3v) is 1.92. The van der Waals surface area contributed by atoms with Crippen LogP contribution < -0.4 is 0 Å². The number of rotatable bonds is 4. The molecule has 1 aromatic carbocycles. The van der Waals surface area contributed by atoms with E-state index >= 15 is 0 Å². The molecule has 1 aromatic rings. The average molecular weight is 173 g/mol. The molecule has 0 fully saturated rings. The van der Waals surface area contributed by atoms with Crippen LogP contribution in [0.4, 0.5) is 0 Å². The summed E-state index contributed by atoms with van der Waals surface area (Å²) in [5.41, 5.74) is 1.17. The number of aldehydes is 1. The van der Waals surface area contributed by atoms with Crippen molar-refractivity contribution in [2.45, 2.75) is 12.8 Å². The highest BCUT2D eigenvalue weighted by molar-refractivity contribution is 5.57. The summed E-state index contributed by atoms with van der Waals surface area (Å²) in [5.74, 6) is -0.458. The maximum atomic E-state index is 10.3. The molecule has 0 aliphatic carbocycles. The summed E-state index contributed by atoms with van der Waals surface area (Å²) in [6.07, 6.45) is 2.12. The Bertz CT molecular complexity index is 300. The van der Waals surface area contributed by atoms with E-state index in [1.54, 1.807) is 0 Å². The Morgan fingerprint density at radius 3 is 2.62 bits per heavy atom. The summed E-state index contributed by atoms with van der Waals surface area (Å²) in [4.78, 5) is 10.3. The number of nitriles is 1. The molecular formula is C11H11NO. The Balaban J connectivity index is 2.44. The topological polar surface area (TPSA) is 40.9 Å². The van der Waals surface area contributed by atoms with Crippen molar-refractivity contribution in [2.75, 3.05) is 0 Å². The molecule has 0 aliphatic rings. The molecule has 0 aromatic heterocycles. The summed E-state index contributed by atoms with van der Waals surface area (Å²) < 4.78 is 0. The Kier molecular flexibility index (Phi) is 3.72. The number of benzene rings is 1. The van der Waals surface area contributed by atoms with Crippen LogP contribution in [0.5, 0.6) is 0 Å². The van der Waals surface area contributed by atoms with Crippen LogP contribution in [-0.4, -0.2) is 6.29 Å². The minimum atomic E-state index is -0.458. The van der Waals surface area contributed by atoms with Crippen LogP contribution in [0, 0.1) is 17.2 Å². The summed E-state index contributed by atoms with van der Waals surface area (Å²) in [6, 6.07) is 11.8. The van der Waals surface area contributed by atoms with Gasteiger partial charge in [-0.3, -0.25) is 0 Å². The molecule has 0 saturated carbocycles. The van der Waals surface area contributed by atoms with E-state index < -0.39 is 5.92 Å². The summed E-state index contributed by atoms with van der Waals surface area (Å²) in [7, 11) is 0. The van der Waals surface area contributed by atoms with Crippen LogP contribution in [0.15, 0.2) is 30.3 Å². The fourth-order valence-electron chi connectivity index (χ4n) is 1.13. The van der Waals surface area contributed by atoms with Crippen molar-refractivity contribution in [3.8, 4) is 6.07 Å². The Hall–Kier alpha value is -1.62. The second-order valence-corrected chi connectivity index (χ2v) is 2.90. The van der Waals surface area contributed by atoms with Crippen molar-refractivity contribution >= 4 is 6.29 Å². The van der Waals surface area contributed by atoms with E-state index in [9.17, 15) is 4.79 Å². The maximum absolute atomic E-state index is 10.3. The van der Waals surface area contributed by atoms with Gasteiger partial charge in [-0.15, -0.1) is 0 Å². The third kappa shape index (κ3) is 3.08. The van der Waals surface area contributed by atoms with E-state index in [0.29, 0.717) is 12.7 Å². The SMILES string of the molecule is N#CC(C=O)CCc1ccccc1. The molecule has 0 saturated heterocycles. The zero-order chi connectivity index (χ0) is 9.52. The van der Waals surface area contributed by atoms with Crippen LogP contribution in [0.2, 0.25) is 0 Å². The molecule has 0 N–H and O–H groups in total. The van der Waals surface area contributed by atoms with Crippen molar-refractivity contribution in [1.82, 2.24) is 0 Å². The smallest absolute Gasteiger partial charge is 0.137 e. The van der Waals surface area contributed by atoms with Gasteiger partial charge in [0.1, 0.15) is 12.2 Å². The van der Waals surface area contributed by atoms with E-state index in [0.717, 1.165) is 6.42 Å². The van der Waals surface area contributed by atoms with Crippen molar-refractivity contribution in [3.05, 3.63) is 35.9 Å². The van der Waals surface area contributed by atoms with Crippen molar-refractivity contribution in [3.63, 3.8) is 0 Å². The molecule has 1 unspecified atom stereocenters. The van der Waals surface area contributed by atoms with Crippen LogP contribution in [0.25, 0.3) is 0 Å². The number of aryl methyl sites for hydroxylation is 1. The van der Waals surface area contributed by atoms with E-state index in [4.69, 9.17) is 5.26 Å². The van der Waals surface area contributed by atoms with Gasteiger partial charge in [-0.25, -0.2) is 0 Å². The van der Waals surface area contributed by atoms with Gasteiger partial charge in [0.25, 0.3) is 0 Å². The standard InChI is InChI=1S/C11H11NO/c12-8-11(9-13)7-6-10-4-2-1-3-5-10/h1-5,9,11H,6-7H2. The number of nitrogens with zero attached hydrogens (tertiary/aromatic N) is 1. The van der Waals surface area contributed by atoms with Gasteiger partial charge in [0, 0.05) is 0 Å². The quantitative estimate of drug-likeness (QED) is 0.653. The predicted octanol–water partition coefficient (Wildman–Crippen LogP) is 1.96. The lowest BCUT2D eigenvalue weighted by Crippen LogP contribution is -2.00. The predicted molar refractivity (Wildman–Crippen MR) is 49.9 cm³/mol. The first kappa shape index (κ1) is 9.47. The molecule has 0 heterocycles. The van der Waals surface area contributed by atoms with Crippen LogP contribution >= 0.6 is 0 Å². The van der Waals surface area contributed by atoms with Crippen LogP contribution in [0.3, 0.4) is 0 Å². The second kappa shape index (κ2) is 5.10. The molecule has 1 atom stereocenters. The van der Waals surface area contributed by atoms with E-state index in [-0.39, 0.29) is 0 Å². The molecule has 13 heavy (non-hydrogen) atoms. The van der Waals surface area contributed by atoms with Gasteiger partial charge in [0.2, 0.25) is 0 Å². The van der Waals surface area contributed by atoms with E-state index in [1.807, 2.05) is 36.4 Å². The average Bonchev–Trinajstić information content (AvgIpc) is 2.21. The zero-order valence-corrected chi connectivity index (χ0v) is 7.31. The zero-order valence-electron chi connectivity index (χ0n) is 7.31. The molecule has 0 amide bonds. The molecule has 2 heteroatoms. The van der Waals surface area contributed by atoms with Gasteiger partial charge >= 0.3 is 0 Å². The Morgan fingerprint density at radius 2 is 2.08 bits per heavy atom. The third-order valence-electron chi connectivity index (χ3n) is 1.92. The van der Waals surface area contributed by atoms with E-state index in [1.165, 1.54) is 5.56 Å². The lowest BCUT2D eigenvalue weighted by atomic mass is 10.0. The van der Waals surface area contributed by atoms with Gasteiger partial charge in [-0.2, -0.15) is 5.26 Å². The normalized spacial score (nSPS) is 11.6. The highest BCUT2D eigenvalue weighted by atomic mass is 16.1. The van der Waals surface area contributed by atoms with Gasteiger partial charge in [-0.05, 0) is 18.4 Å². The number of hydrogen-bond donors (Lipinski definition) is 0. The first-order valence-corrected chi connectivity index (χ1v) is 4.25. The molecule has 0 aliphatic heterocycles. The second-order valence-electron chi connectivity index (χ2n) is 2.90. The molecule has 1 rings (SSSR count). The monoisotopic (exact) mass is 173 g/mol. The van der Waals surface area contributed by atoms with Crippen molar-refractivity contribution in [1.29, 1.82) is 5.26 Å². The molecule has 2 nitrogen and oxygen atoms in total. The highest BCUT2D eigenvalue weighted by Crippen LogP contribution is 2.07. The summed E-state index contributed by atoms with van der Waals surface area (Å²) in [6.45, 7) is 0. The number of carbonyl (C=O) groups is 1. The molecule has 0 radical (unpaired) electrons.